The predicted octanol–water partition coefficient (Wildman–Crippen LogP) is 3.38. The van der Waals surface area contributed by atoms with Crippen LogP contribution < -0.4 is 11.1 Å². The molecule has 2 aromatic carbocycles. The van der Waals surface area contributed by atoms with E-state index in [1.807, 2.05) is 38.1 Å². The highest BCUT2D eigenvalue weighted by molar-refractivity contribution is 6.07. The van der Waals surface area contributed by atoms with Gasteiger partial charge in [-0.05, 0) is 49.7 Å². The van der Waals surface area contributed by atoms with Crippen LogP contribution in [0.4, 0.5) is 0 Å². The van der Waals surface area contributed by atoms with Gasteiger partial charge in [0.2, 0.25) is 0 Å². The lowest BCUT2D eigenvalue weighted by atomic mass is 10.0. The second-order valence-corrected chi connectivity index (χ2v) is 7.31. The van der Waals surface area contributed by atoms with E-state index < -0.39 is 0 Å². The van der Waals surface area contributed by atoms with Gasteiger partial charge in [-0.25, -0.2) is 4.98 Å². The van der Waals surface area contributed by atoms with E-state index in [0.29, 0.717) is 28.0 Å². The average Bonchev–Trinajstić information content (AvgIpc) is 3.13. The van der Waals surface area contributed by atoms with Crippen LogP contribution in [0.15, 0.2) is 54.6 Å². The summed E-state index contributed by atoms with van der Waals surface area (Å²) < 4.78 is 0. The number of H-pyrrole nitrogens is 1. The average molecular weight is 401 g/mol. The second kappa shape index (κ2) is 7.96. The van der Waals surface area contributed by atoms with E-state index in [-0.39, 0.29) is 24.2 Å². The summed E-state index contributed by atoms with van der Waals surface area (Å²) in [4.78, 5) is 17.9. The van der Waals surface area contributed by atoms with Crippen LogP contribution in [-0.4, -0.2) is 32.7 Å². The molecule has 1 atom stereocenters. The molecule has 0 saturated heterocycles. The molecule has 0 aliphatic rings. The first-order chi connectivity index (χ1) is 14.5. The summed E-state index contributed by atoms with van der Waals surface area (Å²) in [6.07, 6.45) is 0. The number of carbonyl (C=O) groups is 1. The molecule has 4 rings (SSSR count). The molecule has 0 fully saturated rings. The van der Waals surface area contributed by atoms with Gasteiger partial charge in [0, 0.05) is 12.1 Å². The van der Waals surface area contributed by atoms with Gasteiger partial charge in [-0.1, -0.05) is 29.8 Å². The standard InChI is InChI=1S/C23H23N5O2/c1-13-3-5-16(6-4-13)20(12-24)26-23(30)18-11-19(15-7-9-17(29)10-8-15)25-22-21(18)14(2)27-28-22/h3-11,20,29H,12,24H2,1-2H3,(H,26,30)(H,25,27,28). The Morgan fingerprint density at radius 2 is 1.83 bits per heavy atom. The molecule has 0 saturated carbocycles. The van der Waals surface area contributed by atoms with Gasteiger partial charge in [-0.3, -0.25) is 9.89 Å². The quantitative estimate of drug-likeness (QED) is 0.409. The number of aromatic amines is 1. The van der Waals surface area contributed by atoms with Gasteiger partial charge < -0.3 is 16.2 Å². The number of hydrogen-bond acceptors (Lipinski definition) is 5. The normalized spacial score (nSPS) is 12.1. The number of nitrogens with zero attached hydrogens (tertiary/aromatic N) is 2. The van der Waals surface area contributed by atoms with Crippen molar-refractivity contribution in [2.24, 2.45) is 5.73 Å². The molecule has 4 aromatic rings. The zero-order valence-corrected chi connectivity index (χ0v) is 16.8. The molecular weight excluding hydrogens is 378 g/mol. The Bertz CT molecular complexity index is 1200. The molecule has 1 amide bonds. The van der Waals surface area contributed by atoms with Crippen molar-refractivity contribution < 1.29 is 9.90 Å². The molecular formula is C23H23N5O2. The smallest absolute Gasteiger partial charge is 0.252 e. The van der Waals surface area contributed by atoms with Gasteiger partial charge in [-0.2, -0.15) is 5.10 Å². The Hall–Kier alpha value is -3.71. The number of benzene rings is 2. The van der Waals surface area contributed by atoms with Crippen molar-refractivity contribution in [1.82, 2.24) is 20.5 Å². The summed E-state index contributed by atoms with van der Waals surface area (Å²) in [5.41, 5.74) is 11.1. The lowest BCUT2D eigenvalue weighted by Crippen LogP contribution is -2.33. The van der Waals surface area contributed by atoms with Crippen molar-refractivity contribution >= 4 is 16.9 Å². The molecule has 5 N–H and O–H groups in total. The third kappa shape index (κ3) is 3.75. The van der Waals surface area contributed by atoms with Crippen LogP contribution in [0.5, 0.6) is 5.75 Å². The number of rotatable bonds is 5. The van der Waals surface area contributed by atoms with Crippen LogP contribution in [0.25, 0.3) is 22.3 Å². The van der Waals surface area contributed by atoms with E-state index in [2.05, 4.69) is 20.5 Å². The van der Waals surface area contributed by atoms with Crippen molar-refractivity contribution in [3.8, 4) is 17.0 Å². The number of fused-ring (bicyclic) bond motifs is 1. The fourth-order valence-electron chi connectivity index (χ4n) is 3.46. The topological polar surface area (TPSA) is 117 Å². The van der Waals surface area contributed by atoms with Crippen LogP contribution >= 0.6 is 0 Å². The summed E-state index contributed by atoms with van der Waals surface area (Å²) in [6, 6.07) is 16.0. The first kappa shape index (κ1) is 19.6. The molecule has 0 aliphatic carbocycles. The van der Waals surface area contributed by atoms with Gasteiger partial charge in [0.1, 0.15) is 5.75 Å². The minimum atomic E-state index is -0.314. The Morgan fingerprint density at radius 3 is 2.50 bits per heavy atom. The van der Waals surface area contributed by atoms with E-state index in [9.17, 15) is 9.90 Å². The molecule has 2 aromatic heterocycles. The predicted molar refractivity (Wildman–Crippen MR) is 116 cm³/mol. The lowest BCUT2D eigenvalue weighted by molar-refractivity contribution is 0.0939. The third-order valence-electron chi connectivity index (χ3n) is 5.14. The number of nitrogens with one attached hydrogen (secondary N) is 2. The molecule has 30 heavy (non-hydrogen) atoms. The first-order valence-corrected chi connectivity index (χ1v) is 9.69. The molecule has 7 heteroatoms. The van der Waals surface area contributed by atoms with Crippen molar-refractivity contribution in [2.75, 3.05) is 6.54 Å². The van der Waals surface area contributed by atoms with Crippen LogP contribution in [0.1, 0.15) is 33.2 Å². The number of carbonyl (C=O) groups excluding carboxylic acids is 1. The monoisotopic (exact) mass is 401 g/mol. The minimum Gasteiger partial charge on any atom is -0.508 e. The molecule has 1 unspecified atom stereocenters. The van der Waals surface area contributed by atoms with E-state index in [4.69, 9.17) is 5.73 Å². The largest absolute Gasteiger partial charge is 0.508 e. The van der Waals surface area contributed by atoms with Crippen molar-refractivity contribution in [2.45, 2.75) is 19.9 Å². The van der Waals surface area contributed by atoms with Gasteiger partial charge >= 0.3 is 0 Å². The van der Waals surface area contributed by atoms with Gasteiger partial charge in [0.25, 0.3) is 5.91 Å². The molecule has 2 heterocycles. The third-order valence-corrected chi connectivity index (χ3v) is 5.14. The van der Waals surface area contributed by atoms with Crippen LogP contribution in [0, 0.1) is 13.8 Å². The first-order valence-electron chi connectivity index (χ1n) is 9.69. The Labute approximate surface area is 174 Å². The highest BCUT2D eigenvalue weighted by atomic mass is 16.3. The van der Waals surface area contributed by atoms with Crippen molar-refractivity contribution in [3.63, 3.8) is 0 Å². The Balaban J connectivity index is 1.74. The number of aromatic nitrogens is 3. The summed E-state index contributed by atoms with van der Waals surface area (Å²) in [5.74, 6) is -0.0815. The summed E-state index contributed by atoms with van der Waals surface area (Å²) in [6.45, 7) is 4.12. The SMILES string of the molecule is Cc1ccc(C(CN)NC(=O)c2cc(-c3ccc(O)cc3)nc3[nH]nc(C)c23)cc1. The number of phenols is 1. The highest BCUT2D eigenvalue weighted by Crippen LogP contribution is 2.27. The number of aromatic hydroxyl groups is 1. The fraction of sp³-hybridized carbons (Fsp3) is 0.174. The number of phenolic OH excluding ortho intramolecular Hbond substituents is 1. The molecule has 0 radical (unpaired) electrons. The van der Waals surface area contributed by atoms with Gasteiger partial charge in [0.05, 0.1) is 28.4 Å². The number of pyridine rings is 1. The maximum absolute atomic E-state index is 13.3. The molecule has 0 aliphatic heterocycles. The molecule has 7 nitrogen and oxygen atoms in total. The number of aryl methyl sites for hydroxylation is 2. The zero-order valence-electron chi connectivity index (χ0n) is 16.8. The fourth-order valence-corrected chi connectivity index (χ4v) is 3.46. The van der Waals surface area contributed by atoms with E-state index in [1.54, 1.807) is 30.3 Å². The van der Waals surface area contributed by atoms with Crippen LogP contribution in [-0.2, 0) is 0 Å². The van der Waals surface area contributed by atoms with Gasteiger partial charge in [0.15, 0.2) is 5.65 Å². The number of amides is 1. The summed E-state index contributed by atoms with van der Waals surface area (Å²) >= 11 is 0. The zero-order chi connectivity index (χ0) is 21.3. The second-order valence-electron chi connectivity index (χ2n) is 7.31. The maximum atomic E-state index is 13.3. The van der Waals surface area contributed by atoms with Crippen molar-refractivity contribution in [1.29, 1.82) is 0 Å². The van der Waals surface area contributed by atoms with E-state index in [1.165, 1.54) is 0 Å². The highest BCUT2D eigenvalue weighted by Gasteiger charge is 2.20. The van der Waals surface area contributed by atoms with E-state index in [0.717, 1.165) is 16.7 Å². The van der Waals surface area contributed by atoms with Crippen LogP contribution in [0.2, 0.25) is 0 Å². The Kier molecular flexibility index (Phi) is 5.20. The van der Waals surface area contributed by atoms with Crippen molar-refractivity contribution in [3.05, 3.63) is 77.0 Å². The molecule has 152 valence electrons. The molecule has 0 spiro atoms. The lowest BCUT2D eigenvalue weighted by Gasteiger charge is -2.18. The number of nitrogens with two attached hydrogens (primary N) is 1. The maximum Gasteiger partial charge on any atom is 0.252 e. The minimum absolute atomic E-state index is 0.166. The molecule has 0 bridgehead atoms. The number of hydrogen-bond donors (Lipinski definition) is 4. The Morgan fingerprint density at radius 1 is 1.13 bits per heavy atom. The van der Waals surface area contributed by atoms with Crippen LogP contribution in [0.3, 0.4) is 0 Å². The van der Waals surface area contributed by atoms with Gasteiger partial charge in [-0.15, -0.1) is 0 Å². The van der Waals surface area contributed by atoms with E-state index >= 15 is 0 Å². The summed E-state index contributed by atoms with van der Waals surface area (Å²) in [5, 5.41) is 20.4. The summed E-state index contributed by atoms with van der Waals surface area (Å²) in [7, 11) is 0.